The molecule has 2 aromatic rings. The maximum Gasteiger partial charge on any atom is 0.194 e. The van der Waals surface area contributed by atoms with Crippen LogP contribution in [0.3, 0.4) is 0 Å². The van der Waals surface area contributed by atoms with Crippen LogP contribution in [0.1, 0.15) is 61.7 Å². The van der Waals surface area contributed by atoms with E-state index in [0.717, 1.165) is 5.56 Å². The van der Waals surface area contributed by atoms with Crippen molar-refractivity contribution in [3.05, 3.63) is 65.0 Å². The third kappa shape index (κ3) is 5.09. The van der Waals surface area contributed by atoms with Crippen molar-refractivity contribution in [3.63, 3.8) is 0 Å². The van der Waals surface area contributed by atoms with Crippen molar-refractivity contribution in [2.75, 3.05) is 0 Å². The van der Waals surface area contributed by atoms with Crippen LogP contribution in [-0.2, 0) is 10.0 Å². The lowest BCUT2D eigenvalue weighted by molar-refractivity contribution is 0.103. The summed E-state index contributed by atoms with van der Waals surface area (Å²) < 4.78 is 6.20. The molecule has 130 valence electrons. The molecule has 0 aliphatic carbocycles. The highest BCUT2D eigenvalue weighted by Gasteiger charge is 2.24. The average molecular weight is 353 g/mol. The Morgan fingerprint density at radius 1 is 1.08 bits per heavy atom. The Labute approximate surface area is 151 Å². The van der Waals surface area contributed by atoms with Crippen LogP contribution in [0.15, 0.2) is 42.7 Å². The Kier molecular flexibility index (Phi) is 5.56. The number of nitriles is 1. The molecule has 0 amide bonds. The molecule has 0 spiro atoms. The molecule has 0 aliphatic heterocycles. The first-order chi connectivity index (χ1) is 11.6. The number of pyridine rings is 1. The van der Waals surface area contributed by atoms with Gasteiger partial charge in [-0.1, -0.05) is 45.0 Å². The summed E-state index contributed by atoms with van der Waals surface area (Å²) in [5, 5.41) is 9.16. The van der Waals surface area contributed by atoms with Crippen molar-refractivity contribution in [1.29, 1.82) is 5.26 Å². The highest BCUT2D eigenvalue weighted by molar-refractivity contribution is 6.31. The standard InChI is InChI=1S/C20H24N2O2Si/c1-19(2,3)25-24-20(4,5)17-8-6-15(7-9-17)18(23)16-10-14(11-21)12-22-13-16/h6-10,12-13H,25H2,1-5H3. The Morgan fingerprint density at radius 2 is 1.72 bits per heavy atom. The van der Waals surface area contributed by atoms with Gasteiger partial charge in [0.25, 0.3) is 0 Å². The second-order valence-corrected chi connectivity index (χ2v) is 10.5. The van der Waals surface area contributed by atoms with Gasteiger partial charge < -0.3 is 4.43 Å². The molecule has 0 saturated carbocycles. The van der Waals surface area contributed by atoms with E-state index in [4.69, 9.17) is 9.69 Å². The number of carbonyl (C=O) groups is 1. The summed E-state index contributed by atoms with van der Waals surface area (Å²) in [7, 11) is -0.679. The van der Waals surface area contributed by atoms with Gasteiger partial charge in [-0.3, -0.25) is 9.78 Å². The van der Waals surface area contributed by atoms with E-state index in [1.165, 1.54) is 12.4 Å². The first-order valence-corrected chi connectivity index (χ1v) is 9.55. The van der Waals surface area contributed by atoms with Gasteiger partial charge in [-0.15, -0.1) is 0 Å². The van der Waals surface area contributed by atoms with Crippen LogP contribution in [0.4, 0.5) is 0 Å². The quantitative estimate of drug-likeness (QED) is 0.607. The number of aromatic nitrogens is 1. The summed E-state index contributed by atoms with van der Waals surface area (Å²) >= 11 is 0. The predicted octanol–water partition coefficient (Wildman–Crippen LogP) is 3.74. The number of nitrogens with zero attached hydrogens (tertiary/aromatic N) is 2. The normalized spacial score (nSPS) is 12.3. The molecule has 2 rings (SSSR count). The lowest BCUT2D eigenvalue weighted by atomic mass is 9.95. The highest BCUT2D eigenvalue weighted by atomic mass is 28.2. The fraction of sp³-hybridized carbons (Fsp3) is 0.350. The van der Waals surface area contributed by atoms with Gasteiger partial charge >= 0.3 is 0 Å². The second kappa shape index (κ2) is 7.30. The molecule has 0 aliphatic rings. The SMILES string of the molecule is CC(C)(C)[SiH2]OC(C)(C)c1ccc(C(=O)c2cncc(C#N)c2)cc1. The third-order valence-corrected chi connectivity index (χ3v) is 5.57. The summed E-state index contributed by atoms with van der Waals surface area (Å²) in [6, 6.07) is 11.0. The van der Waals surface area contributed by atoms with Crippen molar-refractivity contribution < 1.29 is 9.22 Å². The first kappa shape index (κ1) is 19.0. The van der Waals surface area contributed by atoms with Crippen molar-refractivity contribution in [2.24, 2.45) is 0 Å². The molecular formula is C20H24N2O2Si. The number of carbonyl (C=O) groups excluding carboxylic acids is 1. The Balaban J connectivity index is 2.18. The summed E-state index contributed by atoms with van der Waals surface area (Å²) in [5.74, 6) is -0.140. The zero-order valence-corrected chi connectivity index (χ0v) is 16.9. The lowest BCUT2D eigenvalue weighted by Gasteiger charge is -2.30. The van der Waals surface area contributed by atoms with E-state index in [0.29, 0.717) is 16.7 Å². The summed E-state index contributed by atoms with van der Waals surface area (Å²) in [4.78, 5) is 16.5. The zero-order chi connectivity index (χ0) is 18.7. The second-order valence-electron chi connectivity index (χ2n) is 7.84. The van der Waals surface area contributed by atoms with Gasteiger partial charge in [-0.25, -0.2) is 0 Å². The van der Waals surface area contributed by atoms with Crippen LogP contribution in [0.5, 0.6) is 0 Å². The van der Waals surface area contributed by atoms with Crippen LogP contribution in [-0.4, -0.2) is 20.5 Å². The number of ketones is 1. The van der Waals surface area contributed by atoms with Gasteiger partial charge in [0.15, 0.2) is 15.5 Å². The maximum absolute atomic E-state index is 12.6. The smallest absolute Gasteiger partial charge is 0.194 e. The van der Waals surface area contributed by atoms with Crippen molar-refractivity contribution in [2.45, 2.75) is 45.3 Å². The number of rotatable bonds is 5. The topological polar surface area (TPSA) is 63.0 Å². The van der Waals surface area contributed by atoms with E-state index < -0.39 is 9.76 Å². The fourth-order valence-corrected chi connectivity index (χ4v) is 3.26. The Bertz CT molecular complexity index is 800. The molecule has 4 nitrogen and oxygen atoms in total. The van der Waals surface area contributed by atoms with Crippen molar-refractivity contribution in [3.8, 4) is 6.07 Å². The molecule has 5 heteroatoms. The molecule has 0 saturated heterocycles. The van der Waals surface area contributed by atoms with Gasteiger partial charge in [0.2, 0.25) is 0 Å². The largest absolute Gasteiger partial charge is 0.415 e. The van der Waals surface area contributed by atoms with Gasteiger partial charge in [0, 0.05) is 23.5 Å². The molecular weight excluding hydrogens is 328 g/mol. The van der Waals surface area contributed by atoms with Gasteiger partial charge in [0.05, 0.1) is 11.2 Å². The molecule has 0 unspecified atom stereocenters. The van der Waals surface area contributed by atoms with Crippen LogP contribution >= 0.6 is 0 Å². The van der Waals surface area contributed by atoms with E-state index in [-0.39, 0.29) is 16.4 Å². The van der Waals surface area contributed by atoms with Gasteiger partial charge in [-0.2, -0.15) is 5.26 Å². The van der Waals surface area contributed by atoms with Crippen LogP contribution in [0.2, 0.25) is 5.04 Å². The fourth-order valence-electron chi connectivity index (χ4n) is 2.30. The van der Waals surface area contributed by atoms with E-state index in [1.54, 1.807) is 18.2 Å². The molecule has 1 aromatic heterocycles. The minimum atomic E-state index is -0.679. The van der Waals surface area contributed by atoms with E-state index in [9.17, 15) is 4.79 Å². The average Bonchev–Trinajstić information content (AvgIpc) is 2.59. The molecule has 1 heterocycles. The summed E-state index contributed by atoms with van der Waals surface area (Å²) in [6.45, 7) is 10.7. The van der Waals surface area contributed by atoms with Crippen LogP contribution in [0, 0.1) is 11.3 Å². The Morgan fingerprint density at radius 3 is 2.28 bits per heavy atom. The Hall–Kier alpha value is -2.29. The third-order valence-electron chi connectivity index (χ3n) is 3.84. The minimum absolute atomic E-state index is 0.140. The molecule has 25 heavy (non-hydrogen) atoms. The molecule has 1 aromatic carbocycles. The van der Waals surface area contributed by atoms with Gasteiger partial charge in [0.1, 0.15) is 6.07 Å². The summed E-state index contributed by atoms with van der Waals surface area (Å²) in [5.41, 5.74) is 2.05. The minimum Gasteiger partial charge on any atom is -0.415 e. The molecule has 0 radical (unpaired) electrons. The number of hydrogen-bond donors (Lipinski definition) is 0. The predicted molar refractivity (Wildman–Crippen MR) is 101 cm³/mol. The van der Waals surface area contributed by atoms with Gasteiger partial charge in [-0.05, 0) is 30.5 Å². The number of benzene rings is 1. The molecule has 0 atom stereocenters. The highest BCUT2D eigenvalue weighted by Crippen LogP contribution is 2.29. The van der Waals surface area contributed by atoms with Crippen molar-refractivity contribution >= 4 is 15.5 Å². The van der Waals surface area contributed by atoms with E-state index >= 15 is 0 Å². The zero-order valence-electron chi connectivity index (χ0n) is 15.5. The maximum atomic E-state index is 12.6. The summed E-state index contributed by atoms with van der Waals surface area (Å²) in [6.07, 6.45) is 2.93. The van der Waals surface area contributed by atoms with Crippen LogP contribution in [0.25, 0.3) is 0 Å². The molecule has 0 N–H and O–H groups in total. The van der Waals surface area contributed by atoms with E-state index in [2.05, 4.69) is 39.6 Å². The number of hydrogen-bond acceptors (Lipinski definition) is 4. The van der Waals surface area contributed by atoms with Crippen LogP contribution < -0.4 is 0 Å². The monoisotopic (exact) mass is 352 g/mol. The lowest BCUT2D eigenvalue weighted by Crippen LogP contribution is -2.27. The van der Waals surface area contributed by atoms with E-state index in [1.807, 2.05) is 18.2 Å². The van der Waals surface area contributed by atoms with Crippen molar-refractivity contribution in [1.82, 2.24) is 4.98 Å². The molecule has 0 fully saturated rings. The first-order valence-electron chi connectivity index (χ1n) is 8.27. The molecule has 0 bridgehead atoms.